The van der Waals surface area contributed by atoms with Crippen LogP contribution < -0.4 is 10.0 Å². The summed E-state index contributed by atoms with van der Waals surface area (Å²) < 4.78 is 66.7. The molecular formula is C21H17F3N2O3S2. The number of hydrogen-bond donors (Lipinski definition) is 2. The highest BCUT2D eigenvalue weighted by Gasteiger charge is 2.16. The molecule has 0 atom stereocenters. The number of carbonyl (C=O) groups is 1. The van der Waals surface area contributed by atoms with E-state index in [1.54, 1.807) is 18.2 Å². The molecule has 0 saturated heterocycles. The van der Waals surface area contributed by atoms with Gasteiger partial charge in [0.15, 0.2) is 11.6 Å². The zero-order valence-corrected chi connectivity index (χ0v) is 17.6. The molecule has 0 aliphatic heterocycles. The van der Waals surface area contributed by atoms with Crippen molar-refractivity contribution >= 4 is 39.1 Å². The topological polar surface area (TPSA) is 75.3 Å². The number of halogens is 3. The second-order valence-electron chi connectivity index (χ2n) is 6.34. The predicted octanol–water partition coefficient (Wildman–Crippen LogP) is 5.03. The molecule has 2 N–H and O–H groups in total. The van der Waals surface area contributed by atoms with E-state index < -0.39 is 26.6 Å². The van der Waals surface area contributed by atoms with Gasteiger partial charge in [0.1, 0.15) is 5.82 Å². The van der Waals surface area contributed by atoms with Crippen LogP contribution in [-0.2, 0) is 14.8 Å². The van der Waals surface area contributed by atoms with E-state index in [0.717, 1.165) is 12.1 Å². The van der Waals surface area contributed by atoms with Crippen molar-refractivity contribution < 1.29 is 26.4 Å². The summed E-state index contributed by atoms with van der Waals surface area (Å²) in [5.74, 6) is -2.65. The summed E-state index contributed by atoms with van der Waals surface area (Å²) in [6.07, 6.45) is 0.156. The number of hydrogen-bond acceptors (Lipinski definition) is 4. The van der Waals surface area contributed by atoms with Crippen molar-refractivity contribution in [1.82, 2.24) is 0 Å². The van der Waals surface area contributed by atoms with Crippen molar-refractivity contribution in [3.8, 4) is 0 Å². The van der Waals surface area contributed by atoms with E-state index in [1.807, 2.05) is 0 Å². The van der Waals surface area contributed by atoms with Crippen molar-refractivity contribution in [2.75, 3.05) is 15.8 Å². The van der Waals surface area contributed by atoms with E-state index in [2.05, 4.69) is 10.0 Å². The summed E-state index contributed by atoms with van der Waals surface area (Å²) in [5, 5.41) is 2.66. The number of anilines is 2. The van der Waals surface area contributed by atoms with Crippen LogP contribution in [0.3, 0.4) is 0 Å². The minimum absolute atomic E-state index is 0.156. The molecule has 0 heterocycles. The predicted molar refractivity (Wildman–Crippen MR) is 114 cm³/mol. The molecule has 0 saturated carbocycles. The van der Waals surface area contributed by atoms with E-state index >= 15 is 0 Å². The second-order valence-corrected chi connectivity index (χ2v) is 9.15. The van der Waals surface area contributed by atoms with E-state index in [0.29, 0.717) is 22.4 Å². The van der Waals surface area contributed by atoms with Crippen molar-refractivity contribution in [2.24, 2.45) is 0 Å². The van der Waals surface area contributed by atoms with E-state index in [9.17, 15) is 26.4 Å². The first-order valence-corrected chi connectivity index (χ1v) is 11.5. The Morgan fingerprint density at radius 2 is 1.52 bits per heavy atom. The van der Waals surface area contributed by atoms with Gasteiger partial charge < -0.3 is 5.32 Å². The largest absolute Gasteiger partial charge is 0.326 e. The molecular weight excluding hydrogens is 449 g/mol. The molecule has 0 unspecified atom stereocenters. The molecule has 0 radical (unpaired) electrons. The molecule has 0 bridgehead atoms. The first-order chi connectivity index (χ1) is 14.7. The van der Waals surface area contributed by atoms with E-state index in [1.165, 1.54) is 42.1 Å². The molecule has 1 amide bonds. The fourth-order valence-corrected chi connectivity index (χ4v) is 4.48. The second kappa shape index (κ2) is 9.88. The van der Waals surface area contributed by atoms with Gasteiger partial charge in [-0.25, -0.2) is 21.6 Å². The van der Waals surface area contributed by atoms with Gasteiger partial charge in [-0.05, 0) is 54.6 Å². The number of nitrogens with one attached hydrogen (secondary N) is 2. The molecule has 3 rings (SSSR count). The average Bonchev–Trinajstić information content (AvgIpc) is 2.72. The van der Waals surface area contributed by atoms with E-state index in [4.69, 9.17) is 0 Å². The van der Waals surface area contributed by atoms with Gasteiger partial charge in [-0.2, -0.15) is 0 Å². The third-order valence-corrected chi connectivity index (χ3v) is 6.47. The van der Waals surface area contributed by atoms with Crippen LogP contribution >= 0.6 is 11.8 Å². The van der Waals surface area contributed by atoms with Crippen LogP contribution in [0.5, 0.6) is 0 Å². The average molecular weight is 467 g/mol. The number of amides is 1. The maximum atomic E-state index is 13.6. The summed E-state index contributed by atoms with van der Waals surface area (Å²) in [7, 11) is -4.11. The van der Waals surface area contributed by atoms with Crippen LogP contribution in [0.1, 0.15) is 6.42 Å². The van der Waals surface area contributed by atoms with Gasteiger partial charge >= 0.3 is 0 Å². The van der Waals surface area contributed by atoms with Gasteiger partial charge in [-0.15, -0.1) is 11.8 Å². The molecule has 31 heavy (non-hydrogen) atoms. The van der Waals surface area contributed by atoms with Crippen LogP contribution in [0, 0.1) is 17.5 Å². The molecule has 10 heteroatoms. The molecule has 0 aliphatic rings. The Kier molecular flexibility index (Phi) is 7.24. The van der Waals surface area contributed by atoms with Gasteiger partial charge in [0.2, 0.25) is 5.91 Å². The SMILES string of the molecule is O=C(CCSc1ccccc1F)Nc1ccc(NS(=O)(=O)c2ccc(F)c(F)c2)cc1. The summed E-state index contributed by atoms with van der Waals surface area (Å²) in [6.45, 7) is 0. The maximum Gasteiger partial charge on any atom is 0.261 e. The molecule has 0 fully saturated rings. The standard InChI is InChI=1S/C21H17F3N2O3S2/c22-17-10-9-16(13-19(17)24)31(28,29)26-15-7-5-14(6-8-15)25-21(27)11-12-30-20-4-2-1-3-18(20)23/h1-10,13,26H,11-12H2,(H,25,27). The lowest BCUT2D eigenvalue weighted by Gasteiger charge is -2.10. The van der Waals surface area contributed by atoms with Crippen LogP contribution in [0.15, 0.2) is 76.5 Å². The summed E-state index contributed by atoms with van der Waals surface area (Å²) in [5.41, 5.74) is 0.620. The third-order valence-electron chi connectivity index (χ3n) is 4.05. The first-order valence-electron chi connectivity index (χ1n) is 9.00. The van der Waals surface area contributed by atoms with Gasteiger partial charge in [0, 0.05) is 28.4 Å². The summed E-state index contributed by atoms with van der Waals surface area (Å²) in [6, 6.07) is 14.4. The van der Waals surface area contributed by atoms with Gasteiger partial charge in [0.05, 0.1) is 4.90 Å². The molecule has 0 aromatic heterocycles. The highest BCUT2D eigenvalue weighted by Crippen LogP contribution is 2.23. The minimum atomic E-state index is -4.11. The fourth-order valence-electron chi connectivity index (χ4n) is 2.52. The number of benzene rings is 3. The number of carbonyl (C=O) groups excluding carboxylic acids is 1. The Morgan fingerprint density at radius 3 is 2.19 bits per heavy atom. The van der Waals surface area contributed by atoms with Crippen molar-refractivity contribution in [1.29, 1.82) is 0 Å². The van der Waals surface area contributed by atoms with Gasteiger partial charge in [-0.3, -0.25) is 9.52 Å². The van der Waals surface area contributed by atoms with Crippen molar-refractivity contribution in [3.63, 3.8) is 0 Å². The minimum Gasteiger partial charge on any atom is -0.326 e. The lowest BCUT2D eigenvalue weighted by Crippen LogP contribution is -2.14. The number of rotatable bonds is 8. The quantitative estimate of drug-likeness (QED) is 0.457. The monoisotopic (exact) mass is 466 g/mol. The van der Waals surface area contributed by atoms with Crippen LogP contribution in [0.25, 0.3) is 0 Å². The van der Waals surface area contributed by atoms with Gasteiger partial charge in [-0.1, -0.05) is 12.1 Å². The summed E-state index contributed by atoms with van der Waals surface area (Å²) >= 11 is 1.23. The number of sulfonamides is 1. The Morgan fingerprint density at radius 1 is 0.839 bits per heavy atom. The zero-order valence-electron chi connectivity index (χ0n) is 15.9. The molecule has 5 nitrogen and oxygen atoms in total. The summed E-state index contributed by atoms with van der Waals surface area (Å²) in [4.78, 5) is 12.1. The normalized spacial score (nSPS) is 11.2. The molecule has 3 aromatic carbocycles. The van der Waals surface area contributed by atoms with E-state index in [-0.39, 0.29) is 23.8 Å². The Balaban J connectivity index is 1.54. The maximum absolute atomic E-state index is 13.6. The van der Waals surface area contributed by atoms with Crippen LogP contribution in [0.2, 0.25) is 0 Å². The van der Waals surface area contributed by atoms with Crippen molar-refractivity contribution in [2.45, 2.75) is 16.2 Å². The Labute approximate surface area is 181 Å². The molecule has 162 valence electrons. The fraction of sp³-hybridized carbons (Fsp3) is 0.0952. The Hall–Kier alpha value is -2.98. The van der Waals surface area contributed by atoms with Gasteiger partial charge in [0.25, 0.3) is 10.0 Å². The first kappa shape index (κ1) is 22.7. The van der Waals surface area contributed by atoms with Crippen molar-refractivity contribution in [3.05, 3.63) is 84.2 Å². The lowest BCUT2D eigenvalue weighted by atomic mass is 10.3. The highest BCUT2D eigenvalue weighted by molar-refractivity contribution is 7.99. The van der Waals surface area contributed by atoms with Crippen LogP contribution in [-0.4, -0.2) is 20.1 Å². The lowest BCUT2D eigenvalue weighted by molar-refractivity contribution is -0.115. The number of thioether (sulfide) groups is 1. The molecule has 0 aliphatic carbocycles. The highest BCUT2D eigenvalue weighted by atomic mass is 32.2. The van der Waals surface area contributed by atoms with Crippen LogP contribution in [0.4, 0.5) is 24.5 Å². The smallest absolute Gasteiger partial charge is 0.261 e. The molecule has 0 spiro atoms. The Bertz CT molecular complexity index is 1190. The third kappa shape index (κ3) is 6.25. The molecule has 3 aromatic rings. The zero-order chi connectivity index (χ0) is 22.4.